The Morgan fingerprint density at radius 3 is 2.27 bits per heavy atom. The highest BCUT2D eigenvalue weighted by Crippen LogP contribution is 2.49. The Morgan fingerprint density at radius 2 is 1.65 bits per heavy atom. The molecule has 0 unspecified atom stereocenters. The quantitative estimate of drug-likeness (QED) is 0.114. The lowest BCUT2D eigenvalue weighted by Crippen LogP contribution is -2.14. The van der Waals surface area contributed by atoms with Gasteiger partial charge >= 0.3 is 5.97 Å². The van der Waals surface area contributed by atoms with Gasteiger partial charge in [-0.15, -0.1) is 0 Å². The van der Waals surface area contributed by atoms with E-state index in [4.69, 9.17) is 27.6 Å². The molecule has 5 aromatic carbocycles. The molecule has 51 heavy (non-hydrogen) atoms. The smallest absolute Gasteiger partial charge is 0.337 e. The average Bonchev–Trinajstić information content (AvgIpc) is 3.47. The molecule has 0 atom stereocenters. The third-order valence-electron chi connectivity index (χ3n) is 8.24. The molecule has 0 saturated carbocycles. The number of nitrogens with zero attached hydrogens (tertiary/aromatic N) is 3. The minimum Gasteiger partial charge on any atom is -0.494 e. The van der Waals surface area contributed by atoms with Crippen LogP contribution in [0.4, 0.5) is 18.9 Å². The van der Waals surface area contributed by atoms with Crippen molar-refractivity contribution >= 4 is 44.2 Å². The molecule has 6 rings (SSSR count). The summed E-state index contributed by atoms with van der Waals surface area (Å²) in [5, 5.41) is 10.5. The van der Waals surface area contributed by atoms with Gasteiger partial charge in [-0.05, 0) is 48.0 Å². The number of benzene rings is 5. The van der Waals surface area contributed by atoms with E-state index in [-0.39, 0.29) is 65.8 Å². The van der Waals surface area contributed by atoms with E-state index in [2.05, 4.69) is 10.9 Å². The summed E-state index contributed by atoms with van der Waals surface area (Å²) in [6.07, 6.45) is -2.86. The molecule has 0 N–H and O–H groups in total. The van der Waals surface area contributed by atoms with Crippen molar-refractivity contribution < 1.29 is 35.9 Å². The standard InChI is InChI=1S/C38H23ClF3N3O5S/c1-44-31-9-5-8-25(20-43)34(31)35-28-18-33(49-2)30(40)19-32(28)45(51(47,48)26-13-10-21(11-14-26)37(41)42)36(35)23-7-4-6-22(16-23)27-15-12-24(17-29(27)39)38(46)50-3/h4-19,37H,2-3H3. The zero-order chi connectivity index (χ0) is 36.6. The fourth-order valence-electron chi connectivity index (χ4n) is 5.89. The zero-order valence-electron chi connectivity index (χ0n) is 26.6. The minimum atomic E-state index is -4.73. The van der Waals surface area contributed by atoms with Crippen LogP contribution in [0.25, 0.3) is 49.3 Å². The highest BCUT2D eigenvalue weighted by atomic mass is 35.5. The second kappa shape index (κ2) is 13.7. The van der Waals surface area contributed by atoms with Gasteiger partial charge in [0.2, 0.25) is 0 Å². The van der Waals surface area contributed by atoms with E-state index < -0.39 is 33.8 Å². The molecule has 0 amide bonds. The highest BCUT2D eigenvalue weighted by Gasteiger charge is 2.32. The molecular weight excluding hydrogens is 703 g/mol. The van der Waals surface area contributed by atoms with Crippen LogP contribution in [0.1, 0.15) is 27.9 Å². The number of nitriles is 1. The topological polar surface area (TPSA) is 103 Å². The van der Waals surface area contributed by atoms with E-state index in [0.717, 1.165) is 34.3 Å². The summed E-state index contributed by atoms with van der Waals surface area (Å²) in [5.74, 6) is -1.75. The Bertz CT molecular complexity index is 2540. The van der Waals surface area contributed by atoms with Crippen LogP contribution in [0.5, 0.6) is 5.75 Å². The maximum Gasteiger partial charge on any atom is 0.337 e. The van der Waals surface area contributed by atoms with Gasteiger partial charge < -0.3 is 9.47 Å². The van der Waals surface area contributed by atoms with E-state index in [1.807, 2.05) is 0 Å². The molecule has 0 aliphatic rings. The van der Waals surface area contributed by atoms with Crippen LogP contribution in [-0.2, 0) is 14.8 Å². The normalized spacial score (nSPS) is 11.3. The maximum absolute atomic E-state index is 15.5. The molecule has 1 aromatic heterocycles. The van der Waals surface area contributed by atoms with E-state index in [1.54, 1.807) is 30.3 Å². The molecule has 8 nitrogen and oxygen atoms in total. The summed E-state index contributed by atoms with van der Waals surface area (Å²) in [6, 6.07) is 23.8. The number of aromatic nitrogens is 1. The maximum atomic E-state index is 15.5. The number of rotatable bonds is 8. The first-order chi connectivity index (χ1) is 24.4. The first-order valence-electron chi connectivity index (χ1n) is 14.9. The third kappa shape index (κ3) is 6.05. The van der Waals surface area contributed by atoms with Crippen molar-refractivity contribution in [2.45, 2.75) is 11.3 Å². The van der Waals surface area contributed by atoms with Crippen LogP contribution in [0.2, 0.25) is 5.02 Å². The lowest BCUT2D eigenvalue weighted by molar-refractivity contribution is 0.0600. The lowest BCUT2D eigenvalue weighted by atomic mass is 9.92. The number of hydrogen-bond acceptors (Lipinski definition) is 6. The number of ether oxygens (including phenoxy) is 2. The fourth-order valence-corrected chi connectivity index (χ4v) is 7.72. The molecule has 0 spiro atoms. The van der Waals surface area contributed by atoms with Gasteiger partial charge in [-0.25, -0.2) is 35.2 Å². The van der Waals surface area contributed by atoms with Crippen LogP contribution in [0.15, 0.2) is 102 Å². The number of fused-ring (bicyclic) bond motifs is 1. The van der Waals surface area contributed by atoms with Gasteiger partial charge in [0, 0.05) is 49.9 Å². The SMILES string of the molecule is [C-]#[N+]c1cccc(C#N)c1-c1c(-c2cccc(-c3ccc(C(=O)OC)cc3Cl)c2)n(S(=O)(=O)c2ccc(C(F)F)cc2)c2cc(F)c(OC)cc12. The zero-order valence-corrected chi connectivity index (χ0v) is 28.2. The summed E-state index contributed by atoms with van der Waals surface area (Å²) in [4.78, 5) is 15.4. The van der Waals surface area contributed by atoms with Crippen molar-refractivity contribution in [1.29, 1.82) is 5.26 Å². The van der Waals surface area contributed by atoms with Crippen LogP contribution in [0.3, 0.4) is 0 Å². The molecule has 0 fully saturated rings. The Kier molecular flexibility index (Phi) is 9.32. The predicted octanol–water partition coefficient (Wildman–Crippen LogP) is 9.83. The summed E-state index contributed by atoms with van der Waals surface area (Å²) < 4.78 is 82.8. The summed E-state index contributed by atoms with van der Waals surface area (Å²) in [6.45, 7) is 7.95. The van der Waals surface area contributed by atoms with Crippen molar-refractivity contribution in [3.63, 3.8) is 0 Å². The van der Waals surface area contributed by atoms with Crippen molar-refractivity contribution in [3.05, 3.63) is 136 Å². The fraction of sp³-hybridized carbons (Fsp3) is 0.0789. The molecule has 1 heterocycles. The second-order valence-electron chi connectivity index (χ2n) is 11.1. The van der Waals surface area contributed by atoms with Gasteiger partial charge in [0.15, 0.2) is 17.3 Å². The number of carbonyl (C=O) groups is 1. The molecule has 254 valence electrons. The molecule has 0 aliphatic carbocycles. The Labute approximate surface area is 295 Å². The monoisotopic (exact) mass is 725 g/mol. The number of hydrogen-bond donors (Lipinski definition) is 0. The van der Waals surface area contributed by atoms with Crippen LogP contribution >= 0.6 is 11.6 Å². The second-order valence-corrected chi connectivity index (χ2v) is 13.3. The molecule has 0 radical (unpaired) electrons. The highest BCUT2D eigenvalue weighted by molar-refractivity contribution is 7.90. The van der Waals surface area contributed by atoms with E-state index in [1.165, 1.54) is 50.6 Å². The van der Waals surface area contributed by atoms with Gasteiger partial charge in [-0.3, -0.25) is 0 Å². The van der Waals surface area contributed by atoms with E-state index in [0.29, 0.717) is 11.1 Å². The first kappa shape index (κ1) is 34.8. The summed E-state index contributed by atoms with van der Waals surface area (Å²) in [5.41, 5.74) is 0.962. The van der Waals surface area contributed by atoms with Crippen LogP contribution in [-0.4, -0.2) is 32.6 Å². The largest absolute Gasteiger partial charge is 0.494 e. The van der Waals surface area contributed by atoms with Crippen LogP contribution < -0.4 is 4.74 Å². The molecule has 6 aromatic rings. The lowest BCUT2D eigenvalue weighted by Gasteiger charge is -2.16. The summed E-state index contributed by atoms with van der Waals surface area (Å²) >= 11 is 6.62. The third-order valence-corrected chi connectivity index (χ3v) is 10.3. The number of alkyl halides is 2. The Morgan fingerprint density at radius 1 is 0.941 bits per heavy atom. The first-order valence-corrected chi connectivity index (χ1v) is 16.7. The molecule has 0 aliphatic heterocycles. The molecular formula is C38H23ClF3N3O5S. The van der Waals surface area contributed by atoms with E-state index in [9.17, 15) is 27.3 Å². The number of halogens is 4. The van der Waals surface area contributed by atoms with Crippen molar-refractivity contribution in [2.75, 3.05) is 14.2 Å². The number of carbonyl (C=O) groups excluding carboxylic acids is 1. The number of methoxy groups -OCH3 is 2. The molecule has 13 heteroatoms. The minimum absolute atomic E-state index is 0.00826. The number of esters is 1. The van der Waals surface area contributed by atoms with Gasteiger partial charge in [0.05, 0.1) is 48.5 Å². The van der Waals surface area contributed by atoms with Crippen molar-refractivity contribution in [3.8, 4) is 45.3 Å². The van der Waals surface area contributed by atoms with Crippen LogP contribution in [0, 0.1) is 23.7 Å². The molecule has 0 bridgehead atoms. The van der Waals surface area contributed by atoms with Gasteiger partial charge in [0.1, 0.15) is 0 Å². The van der Waals surface area contributed by atoms with Gasteiger partial charge in [-0.1, -0.05) is 60.1 Å². The Hall–Kier alpha value is -6.08. The molecule has 0 saturated heterocycles. The van der Waals surface area contributed by atoms with Gasteiger partial charge in [-0.2, -0.15) is 5.26 Å². The summed E-state index contributed by atoms with van der Waals surface area (Å²) in [7, 11) is -2.26. The van der Waals surface area contributed by atoms with Crippen molar-refractivity contribution in [1.82, 2.24) is 3.97 Å². The average molecular weight is 726 g/mol. The van der Waals surface area contributed by atoms with Crippen molar-refractivity contribution in [2.24, 2.45) is 0 Å². The van der Waals surface area contributed by atoms with Gasteiger partial charge in [0.25, 0.3) is 16.4 Å². The van der Waals surface area contributed by atoms with E-state index >= 15 is 4.39 Å². The predicted molar refractivity (Wildman–Crippen MR) is 186 cm³/mol. The Balaban J connectivity index is 1.78.